The van der Waals surface area contributed by atoms with Crippen LogP contribution in [0.1, 0.15) is 0 Å². The summed E-state index contributed by atoms with van der Waals surface area (Å²) in [6, 6.07) is 8.04. The molecule has 6 heteroatoms. The van der Waals surface area contributed by atoms with Gasteiger partial charge in [0.25, 0.3) is 0 Å². The number of hydrogen-bond acceptors (Lipinski definition) is 4. The lowest BCUT2D eigenvalue weighted by Crippen LogP contribution is -2.10. The maximum Gasteiger partial charge on any atom is 0.345 e. The highest BCUT2D eigenvalue weighted by Crippen LogP contribution is 2.05. The number of methoxy groups -OCH3 is 1. The Hall–Kier alpha value is -2.63. The molecular weight excluding hydrogens is 236 g/mol. The van der Waals surface area contributed by atoms with Crippen molar-refractivity contribution >= 4 is 23.9 Å². The van der Waals surface area contributed by atoms with Crippen LogP contribution in [0.3, 0.4) is 0 Å². The summed E-state index contributed by atoms with van der Waals surface area (Å²) in [6.07, 6.45) is 1.44. The molecule has 0 unspecified atom stereocenters. The van der Waals surface area contributed by atoms with E-state index in [1.165, 1.54) is 0 Å². The summed E-state index contributed by atoms with van der Waals surface area (Å²) in [7, 11) is 1.16. The molecule has 0 saturated heterocycles. The Morgan fingerprint density at radius 1 is 1.33 bits per heavy atom. The van der Waals surface area contributed by atoms with Crippen LogP contribution in [0.2, 0.25) is 0 Å². The van der Waals surface area contributed by atoms with E-state index in [2.05, 4.69) is 15.0 Å². The van der Waals surface area contributed by atoms with Gasteiger partial charge < -0.3 is 15.2 Å². The van der Waals surface area contributed by atoms with Crippen molar-refractivity contribution in [1.82, 2.24) is 0 Å². The average molecular weight is 248 g/mol. The predicted molar refractivity (Wildman–Crippen MR) is 66.7 cm³/mol. The molecule has 0 heterocycles. The van der Waals surface area contributed by atoms with E-state index in [1.807, 2.05) is 6.07 Å². The molecule has 1 aromatic carbocycles. The summed E-state index contributed by atoms with van der Waals surface area (Å²) in [4.78, 5) is 25.9. The molecule has 0 bridgehead atoms. The van der Waals surface area contributed by atoms with Gasteiger partial charge in [-0.25, -0.2) is 14.6 Å². The summed E-state index contributed by atoms with van der Waals surface area (Å²) >= 11 is 0. The minimum Gasteiger partial charge on any atom is -0.515 e. The predicted octanol–water partition coefficient (Wildman–Crippen LogP) is 1.90. The third-order valence-electron chi connectivity index (χ3n) is 1.91. The zero-order valence-corrected chi connectivity index (χ0v) is 9.66. The molecular formula is C12H12N2O4. The highest BCUT2D eigenvalue weighted by Gasteiger charge is 2.07. The van der Waals surface area contributed by atoms with Crippen LogP contribution in [0.25, 0.3) is 0 Å². The van der Waals surface area contributed by atoms with E-state index in [9.17, 15) is 9.59 Å². The van der Waals surface area contributed by atoms with Crippen LogP contribution in [0.15, 0.2) is 47.2 Å². The van der Waals surface area contributed by atoms with Crippen LogP contribution in [-0.2, 0) is 9.53 Å². The standard InChI is InChI=1S/C12H12N2O4/c1-18-11(16)9(8-15)7-13-12(17)14-10-5-3-2-4-6-10/h2-8,15H,1H3,(H,14,17)/b9-8-,13-7+. The van der Waals surface area contributed by atoms with Gasteiger partial charge in [-0.3, -0.25) is 0 Å². The Labute approximate surface area is 104 Å². The zero-order valence-electron chi connectivity index (χ0n) is 9.66. The topological polar surface area (TPSA) is 88.0 Å². The van der Waals surface area contributed by atoms with Gasteiger partial charge in [-0.1, -0.05) is 18.2 Å². The van der Waals surface area contributed by atoms with Crippen LogP contribution in [0.5, 0.6) is 0 Å². The molecule has 2 amide bonds. The third kappa shape index (κ3) is 4.09. The summed E-state index contributed by atoms with van der Waals surface area (Å²) < 4.78 is 4.36. The number of para-hydroxylation sites is 1. The first-order valence-electron chi connectivity index (χ1n) is 5.00. The summed E-state index contributed by atoms with van der Waals surface area (Å²) in [5, 5.41) is 11.2. The van der Waals surface area contributed by atoms with E-state index in [-0.39, 0.29) is 5.57 Å². The monoisotopic (exact) mass is 248 g/mol. The molecule has 0 atom stereocenters. The van der Waals surface area contributed by atoms with Crippen LogP contribution < -0.4 is 5.32 Å². The first kappa shape index (κ1) is 13.4. The molecule has 0 saturated carbocycles. The van der Waals surface area contributed by atoms with E-state index in [0.717, 1.165) is 13.3 Å². The number of benzene rings is 1. The highest BCUT2D eigenvalue weighted by molar-refractivity contribution is 6.12. The number of aliphatic imine (C=N–C) groups is 1. The smallest absolute Gasteiger partial charge is 0.345 e. The Morgan fingerprint density at radius 2 is 2.00 bits per heavy atom. The number of nitrogens with one attached hydrogen (secondary N) is 1. The maximum absolute atomic E-state index is 11.4. The lowest BCUT2D eigenvalue weighted by molar-refractivity contribution is -0.135. The van der Waals surface area contributed by atoms with Gasteiger partial charge in [0.1, 0.15) is 5.57 Å². The largest absolute Gasteiger partial charge is 0.515 e. The maximum atomic E-state index is 11.4. The van der Waals surface area contributed by atoms with Crippen LogP contribution >= 0.6 is 0 Å². The Morgan fingerprint density at radius 3 is 2.56 bits per heavy atom. The Bertz CT molecular complexity index is 480. The molecule has 18 heavy (non-hydrogen) atoms. The number of urea groups is 1. The second kappa shape index (κ2) is 6.85. The van der Waals surface area contributed by atoms with Crippen molar-refractivity contribution in [3.8, 4) is 0 Å². The molecule has 0 aliphatic carbocycles. The summed E-state index contributed by atoms with van der Waals surface area (Å²) in [5.41, 5.74) is 0.355. The minimum absolute atomic E-state index is 0.222. The average Bonchev–Trinajstić information content (AvgIpc) is 2.40. The van der Waals surface area contributed by atoms with Gasteiger partial charge in [-0.05, 0) is 12.1 Å². The molecule has 2 N–H and O–H groups in total. The number of nitrogens with zero attached hydrogens (tertiary/aromatic N) is 1. The van der Waals surface area contributed by atoms with Gasteiger partial charge in [-0.15, -0.1) is 0 Å². The fourth-order valence-corrected chi connectivity index (χ4v) is 1.06. The molecule has 0 fully saturated rings. The summed E-state index contributed by atoms with van der Waals surface area (Å²) in [5.74, 6) is -0.784. The molecule has 0 aliphatic heterocycles. The van der Waals surface area contributed by atoms with Gasteiger partial charge in [0.05, 0.1) is 19.6 Å². The van der Waals surface area contributed by atoms with E-state index in [1.54, 1.807) is 24.3 Å². The Balaban J connectivity index is 2.62. The zero-order chi connectivity index (χ0) is 13.4. The number of rotatable bonds is 3. The second-order valence-corrected chi connectivity index (χ2v) is 3.13. The lowest BCUT2D eigenvalue weighted by Gasteiger charge is -2.00. The number of ether oxygens (including phenoxy) is 1. The number of hydrogen-bond donors (Lipinski definition) is 2. The first-order chi connectivity index (χ1) is 8.67. The van der Waals surface area contributed by atoms with Crippen molar-refractivity contribution in [2.75, 3.05) is 12.4 Å². The number of aliphatic hydroxyl groups excluding tert-OH is 1. The molecule has 1 rings (SSSR count). The van der Waals surface area contributed by atoms with Crippen LogP contribution in [-0.4, -0.2) is 30.4 Å². The number of carbonyl (C=O) groups is 2. The number of esters is 1. The normalized spacial score (nSPS) is 11.3. The SMILES string of the molecule is COC(=O)C(=C\O)/C=N/C(=O)Nc1ccccc1. The van der Waals surface area contributed by atoms with Crippen molar-refractivity contribution < 1.29 is 19.4 Å². The second-order valence-electron chi connectivity index (χ2n) is 3.13. The van der Waals surface area contributed by atoms with Gasteiger partial charge in [-0.2, -0.15) is 0 Å². The number of anilines is 1. The number of amides is 2. The van der Waals surface area contributed by atoms with E-state index in [0.29, 0.717) is 11.9 Å². The van der Waals surface area contributed by atoms with Crippen molar-refractivity contribution in [1.29, 1.82) is 0 Å². The quantitative estimate of drug-likeness (QED) is 0.370. The number of aliphatic hydroxyl groups is 1. The van der Waals surface area contributed by atoms with Gasteiger partial charge >= 0.3 is 12.0 Å². The third-order valence-corrected chi connectivity index (χ3v) is 1.91. The van der Waals surface area contributed by atoms with Gasteiger partial charge in [0.2, 0.25) is 0 Å². The fraction of sp³-hybridized carbons (Fsp3) is 0.0833. The van der Waals surface area contributed by atoms with Crippen molar-refractivity contribution in [3.05, 3.63) is 42.2 Å². The Kier molecular flexibility index (Phi) is 5.11. The molecule has 94 valence electrons. The van der Waals surface area contributed by atoms with E-state index >= 15 is 0 Å². The molecule has 0 aromatic heterocycles. The molecule has 0 spiro atoms. The van der Waals surface area contributed by atoms with Crippen LogP contribution in [0, 0.1) is 0 Å². The van der Waals surface area contributed by atoms with E-state index in [4.69, 9.17) is 5.11 Å². The van der Waals surface area contributed by atoms with Gasteiger partial charge in [0, 0.05) is 5.69 Å². The summed E-state index contributed by atoms with van der Waals surface area (Å²) in [6.45, 7) is 0. The molecule has 6 nitrogen and oxygen atoms in total. The van der Waals surface area contributed by atoms with Crippen molar-refractivity contribution in [2.45, 2.75) is 0 Å². The lowest BCUT2D eigenvalue weighted by atomic mass is 10.3. The first-order valence-corrected chi connectivity index (χ1v) is 5.00. The van der Waals surface area contributed by atoms with Crippen LogP contribution in [0.4, 0.5) is 10.5 Å². The van der Waals surface area contributed by atoms with E-state index < -0.39 is 12.0 Å². The molecule has 0 aliphatic rings. The number of carbonyl (C=O) groups excluding carboxylic acids is 2. The van der Waals surface area contributed by atoms with Crippen molar-refractivity contribution in [2.24, 2.45) is 4.99 Å². The molecule has 1 aromatic rings. The van der Waals surface area contributed by atoms with Gasteiger partial charge in [0.15, 0.2) is 0 Å². The van der Waals surface area contributed by atoms with Crippen molar-refractivity contribution in [3.63, 3.8) is 0 Å². The highest BCUT2D eigenvalue weighted by atomic mass is 16.5. The minimum atomic E-state index is -0.784. The molecule has 0 radical (unpaired) electrons. The fourth-order valence-electron chi connectivity index (χ4n) is 1.06.